The molecule has 0 heterocycles. The Morgan fingerprint density at radius 3 is 2.36 bits per heavy atom. The fraction of sp³-hybridized carbons (Fsp3) is 0.533. The molecular formula is C15H24N4O5S. The van der Waals surface area contributed by atoms with Crippen molar-refractivity contribution < 1.29 is 18.1 Å². The summed E-state index contributed by atoms with van der Waals surface area (Å²) in [4.78, 5) is 22.0. The Hall–Kier alpha value is -2.20. The zero-order valence-electron chi connectivity index (χ0n) is 14.9. The van der Waals surface area contributed by atoms with Gasteiger partial charge in [-0.15, -0.1) is 0 Å². The van der Waals surface area contributed by atoms with Crippen LogP contribution in [0.2, 0.25) is 0 Å². The third kappa shape index (κ3) is 6.67. The highest BCUT2D eigenvalue weighted by Crippen LogP contribution is 2.27. The average Bonchev–Trinajstić information content (AvgIpc) is 2.41. The molecule has 0 aromatic heterocycles. The van der Waals surface area contributed by atoms with E-state index in [9.17, 15) is 23.3 Å². The molecule has 1 rings (SSSR count). The highest BCUT2D eigenvalue weighted by molar-refractivity contribution is 7.89. The lowest BCUT2D eigenvalue weighted by molar-refractivity contribution is -0.384. The normalized spacial score (nSPS) is 12.1. The Kier molecular flexibility index (Phi) is 6.49. The van der Waals surface area contributed by atoms with Gasteiger partial charge >= 0.3 is 0 Å². The molecule has 0 saturated heterocycles. The summed E-state index contributed by atoms with van der Waals surface area (Å²) in [5.41, 5.74) is -1.08. The molecule has 0 atom stereocenters. The quantitative estimate of drug-likeness (QED) is 0.492. The molecule has 25 heavy (non-hydrogen) atoms. The number of anilines is 1. The van der Waals surface area contributed by atoms with E-state index in [0.29, 0.717) is 0 Å². The van der Waals surface area contributed by atoms with Crippen molar-refractivity contribution in [3.8, 4) is 0 Å². The first-order chi connectivity index (χ1) is 11.3. The molecule has 0 spiro atoms. The largest absolute Gasteiger partial charge is 0.371 e. The van der Waals surface area contributed by atoms with Gasteiger partial charge in [-0.1, -0.05) is 0 Å². The van der Waals surface area contributed by atoms with Crippen LogP contribution >= 0.6 is 0 Å². The van der Waals surface area contributed by atoms with Crippen LogP contribution in [0.15, 0.2) is 23.1 Å². The molecule has 0 aliphatic rings. The van der Waals surface area contributed by atoms with E-state index >= 15 is 0 Å². The molecular weight excluding hydrogens is 348 g/mol. The number of rotatable bonds is 7. The number of nitro benzene ring substituents is 1. The lowest BCUT2D eigenvalue weighted by Gasteiger charge is -2.20. The molecule has 0 saturated carbocycles. The molecule has 140 valence electrons. The first-order valence-electron chi connectivity index (χ1n) is 7.67. The molecule has 1 aromatic rings. The molecule has 0 fully saturated rings. The van der Waals surface area contributed by atoms with Gasteiger partial charge in [0, 0.05) is 17.6 Å². The maximum Gasteiger partial charge on any atom is 0.293 e. The molecule has 1 amide bonds. The van der Waals surface area contributed by atoms with Gasteiger partial charge in [0.2, 0.25) is 15.9 Å². The first-order valence-corrected chi connectivity index (χ1v) is 9.16. The van der Waals surface area contributed by atoms with E-state index in [1.165, 1.54) is 12.1 Å². The van der Waals surface area contributed by atoms with Crippen LogP contribution in [-0.2, 0) is 14.8 Å². The molecule has 9 nitrogen and oxygen atoms in total. The molecule has 1 aromatic carbocycles. The van der Waals surface area contributed by atoms with E-state index < -0.39 is 26.2 Å². The van der Waals surface area contributed by atoms with Crippen molar-refractivity contribution >= 4 is 27.3 Å². The number of hydrogen-bond donors (Lipinski definition) is 3. The van der Waals surface area contributed by atoms with Crippen molar-refractivity contribution in [3.63, 3.8) is 0 Å². The summed E-state index contributed by atoms with van der Waals surface area (Å²) in [6, 6.07) is 3.44. The summed E-state index contributed by atoms with van der Waals surface area (Å²) in [5, 5.41) is 16.6. The molecule has 0 unspecified atom stereocenters. The van der Waals surface area contributed by atoms with Crippen molar-refractivity contribution in [1.82, 2.24) is 10.0 Å². The van der Waals surface area contributed by atoms with E-state index in [2.05, 4.69) is 15.4 Å². The number of carbonyl (C=O) groups excluding carboxylic acids is 1. The van der Waals surface area contributed by atoms with Gasteiger partial charge in [0.15, 0.2) is 0 Å². The number of hydrogen-bond acceptors (Lipinski definition) is 6. The van der Waals surface area contributed by atoms with Crippen LogP contribution in [0.3, 0.4) is 0 Å². The number of amides is 1. The fourth-order valence-corrected chi connectivity index (χ4v) is 3.43. The van der Waals surface area contributed by atoms with Crippen LogP contribution in [0.5, 0.6) is 0 Å². The second-order valence-corrected chi connectivity index (χ2v) is 8.55. The summed E-state index contributed by atoms with van der Waals surface area (Å²) >= 11 is 0. The van der Waals surface area contributed by atoms with Crippen LogP contribution in [0.25, 0.3) is 0 Å². The van der Waals surface area contributed by atoms with Crippen LogP contribution in [0, 0.1) is 10.1 Å². The molecule has 3 N–H and O–H groups in total. The number of benzene rings is 1. The van der Waals surface area contributed by atoms with E-state index in [-0.39, 0.29) is 29.1 Å². The van der Waals surface area contributed by atoms with Crippen molar-refractivity contribution in [2.75, 3.05) is 11.9 Å². The lowest BCUT2D eigenvalue weighted by atomic mass is 10.1. The predicted molar refractivity (Wildman–Crippen MR) is 94.9 cm³/mol. The van der Waals surface area contributed by atoms with Crippen molar-refractivity contribution in [2.24, 2.45) is 0 Å². The monoisotopic (exact) mass is 372 g/mol. The van der Waals surface area contributed by atoms with Gasteiger partial charge in [0.1, 0.15) is 5.69 Å². The van der Waals surface area contributed by atoms with Gasteiger partial charge in [-0.05, 0) is 46.8 Å². The standard InChI is InChI=1S/C15H24N4O5S/c1-10(2)17-14(20)9-16-12-7-6-11(8-13(12)19(21)22)25(23,24)18-15(3,4)5/h6-8,10,16,18H,9H2,1-5H3,(H,17,20). The first kappa shape index (κ1) is 20.8. The second-order valence-electron chi connectivity index (χ2n) is 6.87. The SMILES string of the molecule is CC(C)NC(=O)CNc1ccc(S(=O)(=O)NC(C)(C)C)cc1[N+](=O)[O-]. The third-order valence-corrected chi connectivity index (χ3v) is 4.56. The Morgan fingerprint density at radius 2 is 1.88 bits per heavy atom. The molecule has 0 bridgehead atoms. The van der Waals surface area contributed by atoms with Crippen molar-refractivity contribution in [1.29, 1.82) is 0 Å². The topological polar surface area (TPSA) is 130 Å². The maximum atomic E-state index is 12.3. The van der Waals surface area contributed by atoms with Gasteiger partial charge < -0.3 is 10.6 Å². The van der Waals surface area contributed by atoms with Gasteiger partial charge in [-0.2, -0.15) is 0 Å². The van der Waals surface area contributed by atoms with Crippen molar-refractivity contribution in [3.05, 3.63) is 28.3 Å². The van der Waals surface area contributed by atoms with Crippen LogP contribution in [-0.4, -0.2) is 37.4 Å². The minimum absolute atomic E-state index is 0.0553. The van der Waals surface area contributed by atoms with E-state index in [1.807, 2.05) is 0 Å². The van der Waals surface area contributed by atoms with E-state index in [1.54, 1.807) is 34.6 Å². The molecule has 0 aliphatic carbocycles. The number of nitrogens with zero attached hydrogens (tertiary/aromatic N) is 1. The molecule has 10 heteroatoms. The molecule has 0 aliphatic heterocycles. The highest BCUT2D eigenvalue weighted by atomic mass is 32.2. The van der Waals surface area contributed by atoms with Gasteiger partial charge in [-0.25, -0.2) is 13.1 Å². The van der Waals surface area contributed by atoms with Crippen molar-refractivity contribution in [2.45, 2.75) is 51.1 Å². The Morgan fingerprint density at radius 1 is 1.28 bits per heavy atom. The summed E-state index contributed by atoms with van der Waals surface area (Å²) in [6.45, 7) is 8.43. The Balaban J connectivity index is 3.08. The zero-order chi connectivity index (χ0) is 19.4. The summed E-state index contributed by atoms with van der Waals surface area (Å²) in [6.07, 6.45) is 0. The van der Waals surface area contributed by atoms with E-state index in [0.717, 1.165) is 6.07 Å². The fourth-order valence-electron chi connectivity index (χ4n) is 1.99. The van der Waals surface area contributed by atoms with Crippen LogP contribution < -0.4 is 15.4 Å². The average molecular weight is 372 g/mol. The Labute approximate surface area is 147 Å². The van der Waals surface area contributed by atoms with E-state index in [4.69, 9.17) is 0 Å². The summed E-state index contributed by atoms with van der Waals surface area (Å²) in [7, 11) is -3.90. The van der Waals surface area contributed by atoms with Gasteiger partial charge in [0.05, 0.1) is 16.4 Å². The predicted octanol–water partition coefficient (Wildman–Crippen LogP) is 1.61. The maximum absolute atomic E-state index is 12.3. The lowest BCUT2D eigenvalue weighted by Crippen LogP contribution is -2.40. The molecule has 0 radical (unpaired) electrons. The highest BCUT2D eigenvalue weighted by Gasteiger charge is 2.25. The second kappa shape index (κ2) is 7.79. The van der Waals surface area contributed by atoms with Crippen LogP contribution in [0.1, 0.15) is 34.6 Å². The Bertz CT molecular complexity index is 754. The minimum Gasteiger partial charge on any atom is -0.371 e. The van der Waals surface area contributed by atoms with Gasteiger partial charge in [-0.3, -0.25) is 14.9 Å². The van der Waals surface area contributed by atoms with Gasteiger partial charge in [0.25, 0.3) is 5.69 Å². The zero-order valence-corrected chi connectivity index (χ0v) is 15.7. The summed E-state index contributed by atoms with van der Waals surface area (Å²) < 4.78 is 27.0. The number of carbonyl (C=O) groups is 1. The number of sulfonamides is 1. The van der Waals surface area contributed by atoms with Crippen LogP contribution in [0.4, 0.5) is 11.4 Å². The minimum atomic E-state index is -3.90. The summed E-state index contributed by atoms with van der Waals surface area (Å²) in [5.74, 6) is -0.324. The number of nitro groups is 1. The third-order valence-electron chi connectivity index (χ3n) is 2.81. The number of nitrogens with one attached hydrogen (secondary N) is 3. The smallest absolute Gasteiger partial charge is 0.293 e.